The van der Waals surface area contributed by atoms with Gasteiger partial charge in [0.25, 0.3) is 0 Å². The normalized spacial score (nSPS) is 26.4. The molecular weight excluding hydrogens is 140 g/mol. The number of hydrogen-bond acceptors (Lipinski definition) is 3. The molecule has 0 aliphatic carbocycles. The number of nitriles is 1. The van der Waals surface area contributed by atoms with E-state index in [-0.39, 0.29) is 0 Å². The number of ether oxygens (including phenoxy) is 1. The summed E-state index contributed by atoms with van der Waals surface area (Å²) in [6, 6.07) is 2.15. The van der Waals surface area contributed by atoms with E-state index in [0.29, 0.717) is 12.6 Å². The summed E-state index contributed by atoms with van der Waals surface area (Å²) in [4.78, 5) is 2.14. The Labute approximate surface area is 67.6 Å². The van der Waals surface area contributed by atoms with Gasteiger partial charge in [0, 0.05) is 13.1 Å². The third-order valence-corrected chi connectivity index (χ3v) is 1.97. The standard InChI is InChI=1S/C8H14N2O/c1-2-8-7-10(4-3-9)5-6-11-8/h8H,2,4-7H2,1H3. The first kappa shape index (κ1) is 8.51. The summed E-state index contributed by atoms with van der Waals surface area (Å²) in [6.07, 6.45) is 1.39. The Morgan fingerprint density at radius 3 is 3.18 bits per heavy atom. The average Bonchev–Trinajstić information content (AvgIpc) is 2.06. The van der Waals surface area contributed by atoms with E-state index in [1.54, 1.807) is 0 Å². The Balaban J connectivity index is 2.28. The van der Waals surface area contributed by atoms with Crippen LogP contribution in [0.1, 0.15) is 13.3 Å². The fourth-order valence-corrected chi connectivity index (χ4v) is 1.27. The molecule has 0 N–H and O–H groups in total. The van der Waals surface area contributed by atoms with Gasteiger partial charge in [-0.25, -0.2) is 0 Å². The van der Waals surface area contributed by atoms with E-state index in [1.807, 2.05) is 0 Å². The van der Waals surface area contributed by atoms with Crippen LogP contribution in [0.15, 0.2) is 0 Å². The number of morpholine rings is 1. The van der Waals surface area contributed by atoms with Crippen LogP contribution in [-0.2, 0) is 4.74 Å². The summed E-state index contributed by atoms with van der Waals surface area (Å²) in [5.41, 5.74) is 0. The Morgan fingerprint density at radius 1 is 1.73 bits per heavy atom. The van der Waals surface area contributed by atoms with Crippen molar-refractivity contribution in [1.29, 1.82) is 5.26 Å². The van der Waals surface area contributed by atoms with Gasteiger partial charge in [-0.2, -0.15) is 5.26 Å². The monoisotopic (exact) mass is 154 g/mol. The van der Waals surface area contributed by atoms with Crippen LogP contribution < -0.4 is 0 Å². The molecule has 0 aromatic heterocycles. The molecule has 1 aliphatic rings. The molecule has 3 nitrogen and oxygen atoms in total. The van der Waals surface area contributed by atoms with Crippen LogP contribution in [-0.4, -0.2) is 37.2 Å². The second-order valence-electron chi connectivity index (χ2n) is 2.79. The quantitative estimate of drug-likeness (QED) is 0.547. The molecule has 1 rings (SSSR count). The van der Waals surface area contributed by atoms with Gasteiger partial charge in [0.05, 0.1) is 25.3 Å². The summed E-state index contributed by atoms with van der Waals surface area (Å²) in [7, 11) is 0. The second kappa shape index (κ2) is 4.32. The summed E-state index contributed by atoms with van der Waals surface area (Å²) >= 11 is 0. The van der Waals surface area contributed by atoms with Gasteiger partial charge in [0.2, 0.25) is 0 Å². The van der Waals surface area contributed by atoms with Crippen molar-refractivity contribution in [3.05, 3.63) is 0 Å². The predicted molar refractivity (Wildman–Crippen MR) is 42.1 cm³/mol. The van der Waals surface area contributed by atoms with Crippen LogP contribution >= 0.6 is 0 Å². The van der Waals surface area contributed by atoms with E-state index in [1.165, 1.54) is 0 Å². The summed E-state index contributed by atoms with van der Waals surface area (Å²) in [5.74, 6) is 0. The predicted octanol–water partition coefficient (Wildman–Crippen LogP) is 0.621. The minimum atomic E-state index is 0.345. The van der Waals surface area contributed by atoms with E-state index in [0.717, 1.165) is 26.1 Å². The lowest BCUT2D eigenvalue weighted by atomic mass is 10.2. The fourth-order valence-electron chi connectivity index (χ4n) is 1.27. The molecule has 1 saturated heterocycles. The molecule has 1 unspecified atom stereocenters. The second-order valence-corrected chi connectivity index (χ2v) is 2.79. The highest BCUT2D eigenvalue weighted by Gasteiger charge is 2.17. The van der Waals surface area contributed by atoms with Gasteiger partial charge < -0.3 is 4.74 Å². The molecule has 0 amide bonds. The first-order valence-corrected chi connectivity index (χ1v) is 4.07. The molecule has 3 heteroatoms. The maximum Gasteiger partial charge on any atom is 0.0867 e. The Morgan fingerprint density at radius 2 is 2.55 bits per heavy atom. The number of hydrogen-bond donors (Lipinski definition) is 0. The molecule has 0 bridgehead atoms. The Bertz CT molecular complexity index is 153. The van der Waals surface area contributed by atoms with Crippen molar-refractivity contribution in [2.24, 2.45) is 0 Å². The maximum absolute atomic E-state index is 8.44. The van der Waals surface area contributed by atoms with E-state index in [9.17, 15) is 0 Å². The first-order chi connectivity index (χ1) is 5.36. The molecule has 0 saturated carbocycles. The Kier molecular flexibility index (Phi) is 3.34. The molecule has 1 aliphatic heterocycles. The third-order valence-electron chi connectivity index (χ3n) is 1.97. The SMILES string of the molecule is CCC1CN(CC#N)CCO1. The van der Waals surface area contributed by atoms with Crippen LogP contribution in [0.25, 0.3) is 0 Å². The third kappa shape index (κ3) is 2.49. The van der Waals surface area contributed by atoms with Gasteiger partial charge in [-0.05, 0) is 6.42 Å². The minimum Gasteiger partial charge on any atom is -0.376 e. The van der Waals surface area contributed by atoms with Crippen molar-refractivity contribution in [2.75, 3.05) is 26.2 Å². The molecule has 11 heavy (non-hydrogen) atoms. The van der Waals surface area contributed by atoms with Gasteiger partial charge >= 0.3 is 0 Å². The zero-order valence-electron chi connectivity index (χ0n) is 6.92. The van der Waals surface area contributed by atoms with Crippen LogP contribution in [0.5, 0.6) is 0 Å². The van der Waals surface area contributed by atoms with Crippen molar-refractivity contribution in [3.63, 3.8) is 0 Å². The van der Waals surface area contributed by atoms with Crippen LogP contribution in [0.2, 0.25) is 0 Å². The minimum absolute atomic E-state index is 0.345. The van der Waals surface area contributed by atoms with Crippen molar-refractivity contribution >= 4 is 0 Å². The first-order valence-electron chi connectivity index (χ1n) is 4.07. The number of nitrogens with zero attached hydrogens (tertiary/aromatic N) is 2. The summed E-state index contributed by atoms with van der Waals surface area (Å²) in [6.45, 7) is 5.26. The summed E-state index contributed by atoms with van der Waals surface area (Å²) in [5, 5.41) is 8.44. The van der Waals surface area contributed by atoms with Crippen molar-refractivity contribution in [3.8, 4) is 6.07 Å². The van der Waals surface area contributed by atoms with Gasteiger partial charge in [-0.3, -0.25) is 4.90 Å². The Hall–Kier alpha value is -0.590. The molecule has 0 radical (unpaired) electrons. The summed E-state index contributed by atoms with van der Waals surface area (Å²) < 4.78 is 5.45. The molecule has 0 spiro atoms. The van der Waals surface area contributed by atoms with Crippen LogP contribution in [0.3, 0.4) is 0 Å². The highest BCUT2D eigenvalue weighted by Crippen LogP contribution is 2.06. The lowest BCUT2D eigenvalue weighted by Gasteiger charge is -2.30. The topological polar surface area (TPSA) is 36.3 Å². The lowest BCUT2D eigenvalue weighted by Crippen LogP contribution is -2.42. The molecule has 1 fully saturated rings. The van der Waals surface area contributed by atoms with Gasteiger partial charge in [-0.15, -0.1) is 0 Å². The average molecular weight is 154 g/mol. The number of rotatable bonds is 2. The fraction of sp³-hybridized carbons (Fsp3) is 0.875. The van der Waals surface area contributed by atoms with Gasteiger partial charge in [0.1, 0.15) is 0 Å². The smallest absolute Gasteiger partial charge is 0.0867 e. The van der Waals surface area contributed by atoms with Gasteiger partial charge in [0.15, 0.2) is 0 Å². The molecule has 62 valence electrons. The zero-order valence-corrected chi connectivity index (χ0v) is 6.92. The molecule has 0 aromatic carbocycles. The highest BCUT2D eigenvalue weighted by molar-refractivity contribution is 4.80. The van der Waals surface area contributed by atoms with E-state index in [4.69, 9.17) is 10.00 Å². The van der Waals surface area contributed by atoms with Crippen molar-refractivity contribution < 1.29 is 4.74 Å². The maximum atomic E-state index is 8.44. The van der Waals surface area contributed by atoms with E-state index >= 15 is 0 Å². The van der Waals surface area contributed by atoms with E-state index in [2.05, 4.69) is 17.9 Å². The molecule has 1 atom stereocenters. The highest BCUT2D eigenvalue weighted by atomic mass is 16.5. The molecular formula is C8H14N2O. The zero-order chi connectivity index (χ0) is 8.10. The van der Waals surface area contributed by atoms with Gasteiger partial charge in [-0.1, -0.05) is 6.92 Å². The van der Waals surface area contributed by atoms with Crippen molar-refractivity contribution in [1.82, 2.24) is 4.90 Å². The van der Waals surface area contributed by atoms with E-state index < -0.39 is 0 Å². The molecule has 0 aromatic rings. The largest absolute Gasteiger partial charge is 0.376 e. The lowest BCUT2D eigenvalue weighted by molar-refractivity contribution is -0.0251. The van der Waals surface area contributed by atoms with Crippen LogP contribution in [0, 0.1) is 11.3 Å². The van der Waals surface area contributed by atoms with Crippen molar-refractivity contribution in [2.45, 2.75) is 19.4 Å². The molecule has 1 heterocycles. The van der Waals surface area contributed by atoms with Crippen LogP contribution in [0.4, 0.5) is 0 Å².